The summed E-state index contributed by atoms with van der Waals surface area (Å²) in [7, 11) is 2.33. The van der Waals surface area contributed by atoms with Gasteiger partial charge < -0.3 is 23.8 Å². The van der Waals surface area contributed by atoms with Crippen molar-refractivity contribution in [3.63, 3.8) is 0 Å². The molecule has 2 rings (SSSR count). The van der Waals surface area contributed by atoms with E-state index in [1.807, 2.05) is 0 Å². The van der Waals surface area contributed by atoms with E-state index in [-0.39, 0.29) is 30.4 Å². The molecule has 0 spiro atoms. The van der Waals surface area contributed by atoms with Crippen LogP contribution in [0.4, 0.5) is 14.5 Å². The Hall–Kier alpha value is -2.68. The molecule has 9 heteroatoms. The van der Waals surface area contributed by atoms with Crippen LogP contribution in [0.25, 0.3) is 0 Å². The Morgan fingerprint density at radius 1 is 1.21 bits per heavy atom. The lowest BCUT2D eigenvalue weighted by atomic mass is 10.1. The van der Waals surface area contributed by atoms with E-state index >= 15 is 0 Å². The number of benzene rings is 1. The Labute approximate surface area is 136 Å². The van der Waals surface area contributed by atoms with Gasteiger partial charge in [-0.2, -0.15) is 8.78 Å². The highest BCUT2D eigenvalue weighted by atomic mass is 19.3. The Morgan fingerprint density at radius 2 is 1.92 bits per heavy atom. The molecular formula is C15H15F2NO6. The quantitative estimate of drug-likeness (QED) is 0.753. The third-order valence-electron chi connectivity index (χ3n) is 3.19. The zero-order valence-corrected chi connectivity index (χ0v) is 13.0. The zero-order chi connectivity index (χ0) is 17.7. The molecule has 0 radical (unpaired) electrons. The normalized spacial score (nSPS) is 14.6. The van der Waals surface area contributed by atoms with E-state index in [2.05, 4.69) is 9.47 Å². The van der Waals surface area contributed by atoms with Crippen LogP contribution in [0.1, 0.15) is 0 Å². The minimum atomic E-state index is -2.99. The van der Waals surface area contributed by atoms with Gasteiger partial charge in [0, 0.05) is 11.8 Å². The number of halogens is 2. The van der Waals surface area contributed by atoms with Crippen molar-refractivity contribution in [2.75, 3.05) is 32.5 Å². The van der Waals surface area contributed by atoms with Crippen LogP contribution in [0.5, 0.6) is 5.75 Å². The van der Waals surface area contributed by atoms with Crippen LogP contribution in [0.2, 0.25) is 0 Å². The topological polar surface area (TPSA) is 74.3 Å². The summed E-state index contributed by atoms with van der Waals surface area (Å²) < 4.78 is 43.7. The van der Waals surface area contributed by atoms with Gasteiger partial charge in [-0.1, -0.05) is 6.07 Å². The van der Waals surface area contributed by atoms with Gasteiger partial charge in [0.25, 0.3) is 0 Å². The summed E-state index contributed by atoms with van der Waals surface area (Å²) in [6, 6.07) is 5.64. The Morgan fingerprint density at radius 3 is 2.54 bits per heavy atom. The predicted octanol–water partition coefficient (Wildman–Crippen LogP) is 1.68. The smallest absolute Gasteiger partial charge is 0.387 e. The van der Waals surface area contributed by atoms with Gasteiger partial charge in [-0.15, -0.1) is 0 Å². The second-order valence-corrected chi connectivity index (χ2v) is 4.59. The van der Waals surface area contributed by atoms with Crippen LogP contribution < -0.4 is 9.64 Å². The maximum Gasteiger partial charge on any atom is 0.387 e. The number of carbonyl (C=O) groups excluding carboxylic acids is 2. The fourth-order valence-corrected chi connectivity index (χ4v) is 2.17. The van der Waals surface area contributed by atoms with E-state index in [0.29, 0.717) is 5.69 Å². The molecule has 24 heavy (non-hydrogen) atoms. The summed E-state index contributed by atoms with van der Waals surface area (Å²) in [5.41, 5.74) is 0.204. The largest absolute Gasteiger partial charge is 0.466 e. The first-order valence-corrected chi connectivity index (χ1v) is 6.77. The third kappa shape index (κ3) is 3.80. The molecule has 0 aromatic heterocycles. The number of hydrogen-bond acceptors (Lipinski definition) is 7. The average molecular weight is 343 g/mol. The Kier molecular flexibility index (Phi) is 5.69. The molecular weight excluding hydrogens is 328 g/mol. The molecule has 0 bridgehead atoms. The number of alkyl halides is 2. The third-order valence-corrected chi connectivity index (χ3v) is 3.19. The standard InChI is InChI=1S/C15H15F2NO6/c1-21-13(19)11-7-23-8-18(12(11)14(20)22-2)9-4-3-5-10(6-9)24-15(16)17/h3-6,15H,7-8H2,1-2H3. The lowest BCUT2D eigenvalue weighted by Crippen LogP contribution is -2.38. The first kappa shape index (κ1) is 17.7. The van der Waals surface area contributed by atoms with Gasteiger partial charge >= 0.3 is 18.6 Å². The molecule has 1 heterocycles. The Bertz CT molecular complexity index is 661. The molecule has 0 saturated carbocycles. The van der Waals surface area contributed by atoms with Gasteiger partial charge in [0.2, 0.25) is 0 Å². The number of methoxy groups -OCH3 is 2. The highest BCUT2D eigenvalue weighted by Crippen LogP contribution is 2.29. The first-order chi connectivity index (χ1) is 11.5. The summed E-state index contributed by atoms with van der Waals surface area (Å²) in [6.45, 7) is -3.21. The minimum absolute atomic E-state index is 0.0317. The fourth-order valence-electron chi connectivity index (χ4n) is 2.17. The molecule has 0 amide bonds. The van der Waals surface area contributed by atoms with Gasteiger partial charge in [0.1, 0.15) is 18.2 Å². The Balaban J connectivity index is 2.47. The van der Waals surface area contributed by atoms with E-state index in [9.17, 15) is 18.4 Å². The molecule has 0 saturated heterocycles. The zero-order valence-electron chi connectivity index (χ0n) is 13.0. The lowest BCUT2D eigenvalue weighted by Gasteiger charge is -2.31. The van der Waals surface area contributed by atoms with Gasteiger partial charge in [0.15, 0.2) is 0 Å². The fraction of sp³-hybridized carbons (Fsp3) is 0.333. The van der Waals surface area contributed by atoms with Crippen LogP contribution in [-0.4, -0.2) is 46.1 Å². The highest BCUT2D eigenvalue weighted by molar-refractivity contribution is 6.03. The number of carbonyl (C=O) groups is 2. The van der Waals surface area contributed by atoms with Crippen molar-refractivity contribution in [1.29, 1.82) is 0 Å². The monoisotopic (exact) mass is 343 g/mol. The first-order valence-electron chi connectivity index (χ1n) is 6.77. The van der Waals surface area contributed by atoms with E-state index < -0.39 is 18.6 Å². The second-order valence-electron chi connectivity index (χ2n) is 4.59. The molecule has 0 N–H and O–H groups in total. The van der Waals surface area contributed by atoms with Gasteiger partial charge in [-0.3, -0.25) is 0 Å². The van der Waals surface area contributed by atoms with Crippen molar-refractivity contribution < 1.29 is 37.3 Å². The number of hydrogen-bond donors (Lipinski definition) is 0. The summed E-state index contributed by atoms with van der Waals surface area (Å²) in [4.78, 5) is 25.3. The summed E-state index contributed by atoms with van der Waals surface area (Å²) in [5, 5.41) is 0. The van der Waals surface area contributed by atoms with Crippen molar-refractivity contribution in [2.24, 2.45) is 0 Å². The maximum absolute atomic E-state index is 12.4. The molecule has 1 aromatic rings. The molecule has 0 fully saturated rings. The number of rotatable bonds is 5. The number of ether oxygens (including phenoxy) is 4. The summed E-state index contributed by atoms with van der Waals surface area (Å²) >= 11 is 0. The van der Waals surface area contributed by atoms with E-state index in [0.717, 1.165) is 7.11 Å². The van der Waals surface area contributed by atoms with Crippen LogP contribution >= 0.6 is 0 Å². The maximum atomic E-state index is 12.4. The van der Waals surface area contributed by atoms with E-state index in [1.54, 1.807) is 6.07 Å². The van der Waals surface area contributed by atoms with Crippen molar-refractivity contribution in [3.05, 3.63) is 35.5 Å². The SMILES string of the molecule is COC(=O)C1=C(C(=O)OC)N(c2cccc(OC(F)F)c2)COC1. The van der Waals surface area contributed by atoms with E-state index in [1.165, 1.54) is 30.2 Å². The van der Waals surface area contributed by atoms with E-state index in [4.69, 9.17) is 9.47 Å². The average Bonchev–Trinajstić information content (AvgIpc) is 2.59. The van der Waals surface area contributed by atoms with Crippen LogP contribution in [0.15, 0.2) is 35.5 Å². The van der Waals surface area contributed by atoms with Crippen LogP contribution in [0, 0.1) is 0 Å². The molecule has 1 aromatic carbocycles. The predicted molar refractivity (Wildman–Crippen MR) is 77.4 cm³/mol. The molecule has 0 unspecified atom stereocenters. The minimum Gasteiger partial charge on any atom is -0.466 e. The lowest BCUT2D eigenvalue weighted by molar-refractivity contribution is -0.140. The second kappa shape index (κ2) is 7.73. The van der Waals surface area contributed by atoms with Crippen molar-refractivity contribution >= 4 is 17.6 Å². The molecule has 0 atom stereocenters. The molecule has 7 nitrogen and oxygen atoms in total. The van der Waals surface area contributed by atoms with Crippen LogP contribution in [-0.2, 0) is 23.8 Å². The van der Waals surface area contributed by atoms with Gasteiger partial charge in [0.05, 0.1) is 26.4 Å². The number of esters is 2. The molecule has 1 aliphatic rings. The molecule has 130 valence electrons. The highest BCUT2D eigenvalue weighted by Gasteiger charge is 2.32. The number of anilines is 1. The number of nitrogens with zero attached hydrogens (tertiary/aromatic N) is 1. The van der Waals surface area contributed by atoms with Crippen LogP contribution in [0.3, 0.4) is 0 Å². The van der Waals surface area contributed by atoms with Crippen molar-refractivity contribution in [1.82, 2.24) is 0 Å². The summed E-state index contributed by atoms with van der Waals surface area (Å²) in [6.07, 6.45) is 0. The molecule has 1 aliphatic heterocycles. The van der Waals surface area contributed by atoms with Crippen molar-refractivity contribution in [3.8, 4) is 5.75 Å². The molecule has 0 aliphatic carbocycles. The van der Waals surface area contributed by atoms with Gasteiger partial charge in [-0.05, 0) is 12.1 Å². The van der Waals surface area contributed by atoms with Crippen molar-refractivity contribution in [2.45, 2.75) is 6.61 Å². The van der Waals surface area contributed by atoms with Gasteiger partial charge in [-0.25, -0.2) is 9.59 Å². The summed E-state index contributed by atoms with van der Waals surface area (Å²) in [5.74, 6) is -1.63.